The Bertz CT molecular complexity index is 560. The first-order chi connectivity index (χ1) is 8.36. The van der Waals surface area contributed by atoms with Crippen molar-refractivity contribution in [1.82, 2.24) is 9.78 Å². The first kappa shape index (κ1) is 12.4. The Morgan fingerprint density at radius 3 is 2.56 bits per heavy atom. The van der Waals surface area contributed by atoms with Gasteiger partial charge in [0.15, 0.2) is 5.69 Å². The maximum absolute atomic E-state index is 13.0. The number of halogens is 4. The highest BCUT2D eigenvalue weighted by atomic mass is 19.4. The Balaban J connectivity index is 2.24. The number of anilines is 1. The lowest BCUT2D eigenvalue weighted by atomic mass is 10.2. The van der Waals surface area contributed by atoms with E-state index in [2.05, 4.69) is 5.10 Å². The molecule has 0 saturated carbocycles. The molecule has 0 saturated heterocycles. The number of nitrogens with zero attached hydrogens (tertiary/aromatic N) is 2. The molecule has 0 bridgehead atoms. The Hall–Kier alpha value is -2.05. The van der Waals surface area contributed by atoms with Gasteiger partial charge in [-0.2, -0.15) is 18.3 Å². The summed E-state index contributed by atoms with van der Waals surface area (Å²) in [7, 11) is 0. The number of alkyl halides is 3. The molecule has 1 aromatic carbocycles. The molecule has 2 rings (SSSR count). The van der Waals surface area contributed by atoms with Gasteiger partial charge in [-0.15, -0.1) is 0 Å². The molecule has 0 amide bonds. The summed E-state index contributed by atoms with van der Waals surface area (Å²) in [6, 6.07) is 4.57. The van der Waals surface area contributed by atoms with E-state index in [1.165, 1.54) is 24.4 Å². The molecule has 0 aliphatic carbocycles. The molecule has 0 atom stereocenters. The van der Waals surface area contributed by atoms with Crippen LogP contribution in [-0.2, 0) is 12.7 Å². The van der Waals surface area contributed by atoms with Crippen molar-refractivity contribution >= 4 is 5.69 Å². The van der Waals surface area contributed by atoms with Crippen LogP contribution in [0.25, 0.3) is 0 Å². The van der Waals surface area contributed by atoms with Gasteiger partial charge >= 0.3 is 6.18 Å². The van der Waals surface area contributed by atoms with Crippen LogP contribution in [0.5, 0.6) is 0 Å². The molecule has 0 unspecified atom stereocenters. The largest absolute Gasteiger partial charge is 0.435 e. The van der Waals surface area contributed by atoms with Crippen molar-refractivity contribution in [3.8, 4) is 0 Å². The molecular weight excluding hydrogens is 250 g/mol. The molecule has 0 aliphatic rings. The number of aromatic nitrogens is 2. The van der Waals surface area contributed by atoms with E-state index in [0.29, 0.717) is 11.3 Å². The molecule has 3 nitrogen and oxygen atoms in total. The molecule has 1 heterocycles. The summed E-state index contributed by atoms with van der Waals surface area (Å²) in [5.41, 5.74) is 5.30. The molecule has 7 heteroatoms. The third-order valence-corrected chi connectivity index (χ3v) is 2.37. The lowest BCUT2D eigenvalue weighted by Crippen LogP contribution is -2.09. The topological polar surface area (TPSA) is 43.8 Å². The Labute approximate surface area is 99.8 Å². The summed E-state index contributed by atoms with van der Waals surface area (Å²) in [4.78, 5) is 0. The van der Waals surface area contributed by atoms with Crippen molar-refractivity contribution in [2.45, 2.75) is 12.7 Å². The van der Waals surface area contributed by atoms with E-state index in [-0.39, 0.29) is 6.54 Å². The first-order valence-electron chi connectivity index (χ1n) is 5.01. The van der Waals surface area contributed by atoms with E-state index in [4.69, 9.17) is 5.73 Å². The molecule has 2 aromatic rings. The summed E-state index contributed by atoms with van der Waals surface area (Å²) in [5.74, 6) is -0.498. The number of nitrogens with two attached hydrogens (primary N) is 1. The normalized spacial score (nSPS) is 11.8. The minimum atomic E-state index is -4.49. The smallest absolute Gasteiger partial charge is 0.398 e. The van der Waals surface area contributed by atoms with Crippen molar-refractivity contribution in [1.29, 1.82) is 0 Å². The monoisotopic (exact) mass is 259 g/mol. The lowest BCUT2D eigenvalue weighted by Gasteiger charge is -2.06. The Morgan fingerprint density at radius 1 is 1.22 bits per heavy atom. The number of benzene rings is 1. The molecule has 18 heavy (non-hydrogen) atoms. The third-order valence-electron chi connectivity index (χ3n) is 2.37. The van der Waals surface area contributed by atoms with Gasteiger partial charge in [0.25, 0.3) is 0 Å². The molecular formula is C11H9F4N3. The van der Waals surface area contributed by atoms with Gasteiger partial charge in [0.2, 0.25) is 0 Å². The number of hydrogen-bond acceptors (Lipinski definition) is 2. The quantitative estimate of drug-likeness (QED) is 0.665. The summed E-state index contributed by atoms with van der Waals surface area (Å²) in [6.07, 6.45) is -3.31. The second-order valence-corrected chi connectivity index (χ2v) is 3.74. The molecule has 1 aromatic heterocycles. The van der Waals surface area contributed by atoms with Crippen LogP contribution in [0.3, 0.4) is 0 Å². The summed E-state index contributed by atoms with van der Waals surface area (Å²) >= 11 is 0. The van der Waals surface area contributed by atoms with E-state index < -0.39 is 17.7 Å². The van der Waals surface area contributed by atoms with Crippen LogP contribution in [0.2, 0.25) is 0 Å². The number of nitrogen functional groups attached to an aromatic ring is 1. The van der Waals surface area contributed by atoms with E-state index in [1.54, 1.807) is 0 Å². The van der Waals surface area contributed by atoms with E-state index >= 15 is 0 Å². The van der Waals surface area contributed by atoms with Crippen molar-refractivity contribution in [2.75, 3.05) is 5.73 Å². The van der Waals surface area contributed by atoms with Gasteiger partial charge < -0.3 is 5.73 Å². The highest BCUT2D eigenvalue weighted by molar-refractivity contribution is 5.46. The van der Waals surface area contributed by atoms with E-state index in [0.717, 1.165) is 10.7 Å². The average Bonchev–Trinajstić information content (AvgIpc) is 2.71. The minimum Gasteiger partial charge on any atom is -0.398 e. The van der Waals surface area contributed by atoms with Crippen LogP contribution >= 0.6 is 0 Å². The van der Waals surface area contributed by atoms with Gasteiger partial charge in [0.1, 0.15) is 5.82 Å². The highest BCUT2D eigenvalue weighted by Crippen LogP contribution is 2.27. The second kappa shape index (κ2) is 4.32. The fraction of sp³-hybridized carbons (Fsp3) is 0.182. The highest BCUT2D eigenvalue weighted by Gasteiger charge is 2.33. The number of rotatable bonds is 2. The zero-order valence-electron chi connectivity index (χ0n) is 9.08. The van der Waals surface area contributed by atoms with Crippen LogP contribution in [0.15, 0.2) is 30.5 Å². The average molecular weight is 259 g/mol. The summed E-state index contributed by atoms with van der Waals surface area (Å²) in [5, 5.41) is 3.36. The van der Waals surface area contributed by atoms with Crippen LogP contribution in [0.1, 0.15) is 11.3 Å². The van der Waals surface area contributed by atoms with Crippen molar-refractivity contribution in [3.05, 3.63) is 47.5 Å². The van der Waals surface area contributed by atoms with Gasteiger partial charge in [-0.1, -0.05) is 0 Å². The predicted molar refractivity (Wildman–Crippen MR) is 57.1 cm³/mol. The van der Waals surface area contributed by atoms with Crippen molar-refractivity contribution in [3.63, 3.8) is 0 Å². The SMILES string of the molecule is Nc1ccc(F)cc1Cn1ccc(C(F)(F)F)n1. The molecule has 96 valence electrons. The van der Waals surface area contributed by atoms with Crippen LogP contribution in [-0.4, -0.2) is 9.78 Å². The zero-order valence-corrected chi connectivity index (χ0v) is 9.08. The lowest BCUT2D eigenvalue weighted by molar-refractivity contribution is -0.141. The Morgan fingerprint density at radius 2 is 1.94 bits per heavy atom. The molecule has 0 spiro atoms. The van der Waals surface area contributed by atoms with Crippen molar-refractivity contribution < 1.29 is 17.6 Å². The van der Waals surface area contributed by atoms with E-state index in [1.807, 2.05) is 0 Å². The fourth-order valence-electron chi connectivity index (χ4n) is 1.49. The maximum Gasteiger partial charge on any atom is 0.435 e. The molecule has 2 N–H and O–H groups in total. The minimum absolute atomic E-state index is 0.0142. The summed E-state index contributed by atoms with van der Waals surface area (Å²) < 4.78 is 51.0. The predicted octanol–water partition coefficient (Wildman–Crippen LogP) is 2.67. The zero-order chi connectivity index (χ0) is 13.3. The maximum atomic E-state index is 13.0. The van der Waals surface area contributed by atoms with Crippen LogP contribution < -0.4 is 5.73 Å². The van der Waals surface area contributed by atoms with Gasteiger partial charge in [-0.25, -0.2) is 4.39 Å². The van der Waals surface area contributed by atoms with Crippen LogP contribution in [0.4, 0.5) is 23.2 Å². The molecule has 0 radical (unpaired) electrons. The first-order valence-corrected chi connectivity index (χ1v) is 5.01. The van der Waals surface area contributed by atoms with Gasteiger partial charge in [0, 0.05) is 11.9 Å². The van der Waals surface area contributed by atoms with E-state index in [9.17, 15) is 17.6 Å². The van der Waals surface area contributed by atoms with Crippen molar-refractivity contribution in [2.24, 2.45) is 0 Å². The molecule has 0 aliphatic heterocycles. The number of hydrogen-bond donors (Lipinski definition) is 1. The fourth-order valence-corrected chi connectivity index (χ4v) is 1.49. The standard InChI is InChI=1S/C11H9F4N3/c12-8-1-2-9(16)7(5-8)6-18-4-3-10(17-18)11(13,14)15/h1-5H,6,16H2. The van der Waals surface area contributed by atoms with Gasteiger partial charge in [0.05, 0.1) is 6.54 Å². The molecule has 0 fully saturated rings. The Kier molecular flexibility index (Phi) is 2.98. The summed E-state index contributed by atoms with van der Waals surface area (Å²) in [6.45, 7) is -0.0142. The second-order valence-electron chi connectivity index (χ2n) is 3.74. The van der Waals surface area contributed by atoms with Gasteiger partial charge in [-0.3, -0.25) is 4.68 Å². The van der Waals surface area contributed by atoms with Crippen LogP contribution in [0, 0.1) is 5.82 Å². The van der Waals surface area contributed by atoms with Gasteiger partial charge in [-0.05, 0) is 29.8 Å². The third kappa shape index (κ3) is 2.61.